The standard InChI is InChI=1S/C18H14N6O2/c25-24(26)15-9-7-14(8-10-15)13-21-23-18(16-5-1-3-11-19-16)22-17-6-2-4-12-20-17/h1-13H,(H,20,22,23)/p+1. The first-order chi connectivity index (χ1) is 12.7. The minimum atomic E-state index is -0.443. The number of H-pyrrole nitrogens is 1. The summed E-state index contributed by atoms with van der Waals surface area (Å²) in [6.07, 6.45) is 4.99. The first kappa shape index (κ1) is 16.9. The summed E-state index contributed by atoms with van der Waals surface area (Å²) in [5.74, 6) is 1.11. The Labute approximate surface area is 149 Å². The second kappa shape index (κ2) is 8.25. The van der Waals surface area contributed by atoms with Crippen LogP contribution in [0, 0.1) is 10.1 Å². The lowest BCUT2D eigenvalue weighted by atomic mass is 10.2. The Morgan fingerprint density at radius 1 is 1.12 bits per heavy atom. The van der Waals surface area contributed by atoms with Gasteiger partial charge < -0.3 is 0 Å². The average molecular weight is 347 g/mol. The van der Waals surface area contributed by atoms with Gasteiger partial charge in [-0.05, 0) is 40.9 Å². The molecule has 8 heteroatoms. The normalized spacial score (nSPS) is 11.5. The van der Waals surface area contributed by atoms with Crippen molar-refractivity contribution in [2.45, 2.75) is 0 Å². The van der Waals surface area contributed by atoms with Crippen molar-refractivity contribution in [1.82, 2.24) is 10.4 Å². The number of amidine groups is 1. The molecule has 0 saturated heterocycles. The van der Waals surface area contributed by atoms with Crippen LogP contribution in [0.1, 0.15) is 11.3 Å². The molecule has 2 N–H and O–H groups in total. The van der Waals surface area contributed by atoms with E-state index in [9.17, 15) is 10.1 Å². The molecule has 8 nitrogen and oxygen atoms in total. The first-order valence-corrected chi connectivity index (χ1v) is 7.73. The fraction of sp³-hybridized carbons (Fsp3) is 0. The molecule has 0 amide bonds. The number of hydrazone groups is 1. The number of nitrogens with one attached hydrogen (secondary N) is 2. The van der Waals surface area contributed by atoms with E-state index in [1.54, 1.807) is 30.7 Å². The minimum absolute atomic E-state index is 0.0328. The highest BCUT2D eigenvalue weighted by Crippen LogP contribution is 2.10. The number of nitrogens with zero attached hydrogens (tertiary/aromatic N) is 4. The molecular formula is C18H15N6O2+. The summed E-state index contributed by atoms with van der Waals surface area (Å²) in [5.41, 5.74) is 4.25. The van der Waals surface area contributed by atoms with Gasteiger partial charge >= 0.3 is 5.82 Å². The van der Waals surface area contributed by atoms with Gasteiger partial charge in [-0.15, -0.1) is 0 Å². The minimum Gasteiger partial charge on any atom is -0.258 e. The number of rotatable bonds is 5. The monoisotopic (exact) mass is 347 g/mol. The van der Waals surface area contributed by atoms with Crippen LogP contribution in [-0.4, -0.2) is 22.0 Å². The quantitative estimate of drug-likeness (QED) is 0.331. The highest BCUT2D eigenvalue weighted by atomic mass is 16.6. The Hall–Kier alpha value is -3.94. The lowest BCUT2D eigenvalue weighted by molar-refractivity contribution is -0.384. The maximum absolute atomic E-state index is 10.7. The number of hydrogen-bond acceptors (Lipinski definition) is 5. The number of aliphatic imine (C=N–C) groups is 1. The van der Waals surface area contributed by atoms with Crippen molar-refractivity contribution < 1.29 is 9.91 Å². The molecule has 0 fully saturated rings. The molecule has 26 heavy (non-hydrogen) atoms. The number of aromatic amines is 1. The van der Waals surface area contributed by atoms with Crippen molar-refractivity contribution >= 4 is 23.6 Å². The maximum Gasteiger partial charge on any atom is 0.323 e. The van der Waals surface area contributed by atoms with E-state index in [1.165, 1.54) is 12.1 Å². The van der Waals surface area contributed by atoms with Crippen LogP contribution in [-0.2, 0) is 0 Å². The van der Waals surface area contributed by atoms with Gasteiger partial charge in [0.15, 0.2) is 0 Å². The van der Waals surface area contributed by atoms with Gasteiger partial charge in [0, 0.05) is 24.4 Å². The number of pyridine rings is 2. The zero-order chi connectivity index (χ0) is 18.2. The Morgan fingerprint density at radius 3 is 2.58 bits per heavy atom. The average Bonchev–Trinajstić information content (AvgIpc) is 2.69. The van der Waals surface area contributed by atoms with Gasteiger partial charge in [-0.3, -0.25) is 15.1 Å². The molecule has 3 rings (SSSR count). The van der Waals surface area contributed by atoms with E-state index in [4.69, 9.17) is 0 Å². The molecule has 0 aliphatic heterocycles. The number of nitro groups is 1. The van der Waals surface area contributed by atoms with Gasteiger partial charge in [-0.1, -0.05) is 12.1 Å². The van der Waals surface area contributed by atoms with E-state index in [0.29, 0.717) is 17.3 Å². The van der Waals surface area contributed by atoms with Crippen LogP contribution in [0.2, 0.25) is 0 Å². The number of aromatic nitrogens is 2. The number of nitro benzene ring substituents is 1. The van der Waals surface area contributed by atoms with Gasteiger partial charge in [0.1, 0.15) is 5.69 Å². The van der Waals surface area contributed by atoms with E-state index >= 15 is 0 Å². The van der Waals surface area contributed by atoms with Crippen LogP contribution in [0.5, 0.6) is 0 Å². The van der Waals surface area contributed by atoms with Crippen molar-refractivity contribution in [3.8, 4) is 0 Å². The Bertz CT molecular complexity index is 925. The molecule has 0 unspecified atom stereocenters. The summed E-state index contributed by atoms with van der Waals surface area (Å²) in [4.78, 5) is 22.0. The Morgan fingerprint density at radius 2 is 1.92 bits per heavy atom. The lowest BCUT2D eigenvalue weighted by Crippen LogP contribution is -2.21. The summed E-state index contributed by atoms with van der Waals surface area (Å²) < 4.78 is 0. The fourth-order valence-corrected chi connectivity index (χ4v) is 2.07. The molecule has 2 aromatic heterocycles. The second-order valence-corrected chi connectivity index (χ2v) is 5.14. The van der Waals surface area contributed by atoms with E-state index in [-0.39, 0.29) is 5.69 Å². The molecule has 3 aromatic rings. The Balaban J connectivity index is 1.80. The van der Waals surface area contributed by atoms with Crippen LogP contribution >= 0.6 is 0 Å². The van der Waals surface area contributed by atoms with E-state index < -0.39 is 4.92 Å². The van der Waals surface area contributed by atoms with Crippen LogP contribution in [0.4, 0.5) is 11.5 Å². The molecular weight excluding hydrogens is 332 g/mol. The lowest BCUT2D eigenvalue weighted by Gasteiger charge is -1.99. The largest absolute Gasteiger partial charge is 0.323 e. The number of benzene rings is 1. The van der Waals surface area contributed by atoms with Gasteiger partial charge in [0.25, 0.3) is 11.5 Å². The predicted molar refractivity (Wildman–Crippen MR) is 97.3 cm³/mol. The fourth-order valence-electron chi connectivity index (χ4n) is 2.07. The zero-order valence-corrected chi connectivity index (χ0v) is 13.6. The van der Waals surface area contributed by atoms with E-state index in [1.807, 2.05) is 36.4 Å². The summed E-state index contributed by atoms with van der Waals surface area (Å²) in [5, 5.41) is 14.8. The first-order valence-electron chi connectivity index (χ1n) is 7.73. The molecule has 0 aliphatic rings. The summed E-state index contributed by atoms with van der Waals surface area (Å²) in [6.45, 7) is 0. The van der Waals surface area contributed by atoms with Crippen molar-refractivity contribution in [3.63, 3.8) is 0 Å². The second-order valence-electron chi connectivity index (χ2n) is 5.14. The van der Waals surface area contributed by atoms with Crippen molar-refractivity contribution in [2.75, 3.05) is 0 Å². The van der Waals surface area contributed by atoms with Crippen molar-refractivity contribution in [1.29, 1.82) is 0 Å². The molecule has 128 valence electrons. The highest BCUT2D eigenvalue weighted by molar-refractivity contribution is 5.98. The number of non-ortho nitro benzene ring substituents is 1. The SMILES string of the molecule is O=[N+]([O-])c1ccc(C=NNC(=Nc2cccc[nH+]2)c2ccccn2)cc1. The molecule has 1 aromatic carbocycles. The summed E-state index contributed by atoms with van der Waals surface area (Å²) in [7, 11) is 0. The van der Waals surface area contributed by atoms with Gasteiger partial charge in [0.2, 0.25) is 0 Å². The smallest absolute Gasteiger partial charge is 0.258 e. The van der Waals surface area contributed by atoms with Crippen LogP contribution in [0.15, 0.2) is 83.2 Å². The number of hydrogen-bond donors (Lipinski definition) is 1. The molecule has 0 atom stereocenters. The highest BCUT2D eigenvalue weighted by Gasteiger charge is 2.11. The summed E-state index contributed by atoms with van der Waals surface area (Å²) in [6, 6.07) is 17.1. The van der Waals surface area contributed by atoms with Crippen LogP contribution < -0.4 is 10.4 Å². The van der Waals surface area contributed by atoms with Crippen LogP contribution in [0.3, 0.4) is 0 Å². The molecule has 0 radical (unpaired) electrons. The molecule has 0 spiro atoms. The Kier molecular flexibility index (Phi) is 5.36. The van der Waals surface area contributed by atoms with Gasteiger partial charge in [-0.25, -0.2) is 10.4 Å². The molecule has 0 bridgehead atoms. The third kappa shape index (κ3) is 4.54. The third-order valence-electron chi connectivity index (χ3n) is 3.32. The van der Waals surface area contributed by atoms with E-state index in [0.717, 1.165) is 5.56 Å². The van der Waals surface area contributed by atoms with Crippen LogP contribution in [0.25, 0.3) is 0 Å². The molecule has 0 saturated carbocycles. The van der Waals surface area contributed by atoms with E-state index in [2.05, 4.69) is 25.5 Å². The molecule has 2 heterocycles. The van der Waals surface area contributed by atoms with Crippen molar-refractivity contribution in [3.05, 3.63) is 94.4 Å². The summed E-state index contributed by atoms with van der Waals surface area (Å²) >= 11 is 0. The zero-order valence-electron chi connectivity index (χ0n) is 13.6. The van der Waals surface area contributed by atoms with Gasteiger partial charge in [0.05, 0.1) is 17.3 Å². The van der Waals surface area contributed by atoms with Crippen molar-refractivity contribution in [2.24, 2.45) is 10.1 Å². The van der Waals surface area contributed by atoms with Gasteiger partial charge in [-0.2, -0.15) is 5.10 Å². The molecule has 0 aliphatic carbocycles. The predicted octanol–water partition coefficient (Wildman–Crippen LogP) is 2.51. The maximum atomic E-state index is 10.7. The third-order valence-corrected chi connectivity index (χ3v) is 3.32. The topological polar surface area (TPSA) is 107 Å².